The number of rotatable bonds is 5. The highest BCUT2D eigenvalue weighted by Gasteiger charge is 2.30. The molecule has 18 heavy (non-hydrogen) atoms. The molecule has 0 aromatic heterocycles. The highest BCUT2D eigenvalue weighted by atomic mass is 127. The minimum absolute atomic E-state index is 0.108. The predicted molar refractivity (Wildman–Crippen MR) is 84.2 cm³/mol. The zero-order valence-electron chi connectivity index (χ0n) is 12.0. The summed E-state index contributed by atoms with van der Waals surface area (Å²) in [6.45, 7) is 16.1. The molecule has 0 saturated heterocycles. The van der Waals surface area contributed by atoms with Crippen LogP contribution in [0.4, 0.5) is 0 Å². The molecule has 0 heterocycles. The van der Waals surface area contributed by atoms with Gasteiger partial charge in [0.2, 0.25) is 0 Å². The summed E-state index contributed by atoms with van der Waals surface area (Å²) in [6.07, 6.45) is 0. The Morgan fingerprint density at radius 2 is 1.72 bits per heavy atom. The largest absolute Gasteiger partial charge is 0.305 e. The van der Waals surface area contributed by atoms with Gasteiger partial charge in [-0.25, -0.2) is 0 Å². The molecule has 0 aromatic rings. The minimum atomic E-state index is -3.53. The Hall–Kier alpha value is 0.340. The Morgan fingerprint density at radius 1 is 1.28 bits per heavy atom. The van der Waals surface area contributed by atoms with Crippen molar-refractivity contribution < 1.29 is 10.9 Å². The van der Waals surface area contributed by atoms with E-state index in [2.05, 4.69) is 14.4 Å². The normalized spacial score (nSPS) is 15.5. The number of halogens is 1. The quantitative estimate of drug-likeness (QED) is 0.580. The van der Waals surface area contributed by atoms with Crippen LogP contribution in [0.25, 0.3) is 0 Å². The lowest BCUT2D eigenvalue weighted by Crippen LogP contribution is -2.49. The third kappa shape index (κ3) is 7.06. The first-order valence-corrected chi connectivity index (χ1v) is 8.24. The maximum atomic E-state index is 11.6. The van der Waals surface area contributed by atoms with Gasteiger partial charge in [-0.3, -0.25) is 0 Å². The monoisotopic (exact) mass is 389 g/mol. The van der Waals surface area contributed by atoms with Crippen molar-refractivity contribution in [2.24, 2.45) is 5.41 Å². The lowest BCUT2D eigenvalue weighted by atomic mass is 9.83. The van der Waals surface area contributed by atoms with Crippen LogP contribution in [-0.2, 0) is 12.6 Å². The number of nitrogens with one attached hydrogen (secondary N) is 1. The Labute approximate surface area is 125 Å². The molecule has 1 unspecified atom stereocenters. The van der Waals surface area contributed by atoms with Gasteiger partial charge in [0.25, 0.3) is 10.1 Å². The molecule has 0 amide bonds. The van der Waals surface area contributed by atoms with E-state index in [1.165, 1.54) is 23.0 Å². The highest BCUT2D eigenvalue weighted by Crippen LogP contribution is 2.28. The van der Waals surface area contributed by atoms with Crippen molar-refractivity contribution in [2.45, 2.75) is 53.1 Å². The van der Waals surface area contributed by atoms with Crippen LogP contribution in [0, 0.1) is 5.41 Å². The Balaban J connectivity index is 5.15. The van der Waals surface area contributed by atoms with E-state index < -0.39 is 10.1 Å². The maximum absolute atomic E-state index is 11.6. The highest BCUT2D eigenvalue weighted by molar-refractivity contribution is 14.1. The number of hydrogen-bond acceptors (Lipinski definition) is 4. The van der Waals surface area contributed by atoms with E-state index in [0.29, 0.717) is 0 Å². The molecule has 1 atom stereocenters. The minimum Gasteiger partial charge on any atom is -0.305 e. The zero-order chi connectivity index (χ0) is 14.8. The molecule has 0 fully saturated rings. The van der Waals surface area contributed by atoms with E-state index in [1.54, 1.807) is 0 Å². The van der Waals surface area contributed by atoms with Crippen LogP contribution in [0.15, 0.2) is 12.2 Å². The summed E-state index contributed by atoms with van der Waals surface area (Å²) < 4.78 is 27.7. The first-order chi connectivity index (χ1) is 7.78. The Morgan fingerprint density at radius 3 is 2.00 bits per heavy atom. The van der Waals surface area contributed by atoms with Crippen molar-refractivity contribution in [3.05, 3.63) is 12.2 Å². The Kier molecular flexibility index (Phi) is 6.31. The average molecular weight is 389 g/mol. The van der Waals surface area contributed by atoms with E-state index >= 15 is 0 Å². The van der Waals surface area contributed by atoms with Crippen LogP contribution in [0.1, 0.15) is 41.5 Å². The van der Waals surface area contributed by atoms with Crippen molar-refractivity contribution >= 4 is 33.1 Å². The van der Waals surface area contributed by atoms with Crippen LogP contribution in [-0.4, -0.2) is 25.8 Å². The van der Waals surface area contributed by atoms with Gasteiger partial charge in [-0.05, 0) is 26.2 Å². The molecular formula is C12H24INO3S. The second kappa shape index (κ2) is 6.19. The molecule has 0 aliphatic heterocycles. The molecule has 0 spiro atoms. The van der Waals surface area contributed by atoms with E-state index in [9.17, 15) is 8.42 Å². The molecule has 0 bridgehead atoms. The lowest BCUT2D eigenvalue weighted by molar-refractivity contribution is 0.355. The summed E-state index contributed by atoms with van der Waals surface area (Å²) in [5.74, 6) is -0.108. The third-order valence-electron chi connectivity index (χ3n) is 2.46. The fourth-order valence-corrected chi connectivity index (χ4v) is 2.69. The molecule has 0 aliphatic carbocycles. The smallest absolute Gasteiger partial charge is 0.278 e. The fraction of sp³-hybridized carbons (Fsp3) is 0.833. The molecule has 0 aliphatic rings. The summed E-state index contributed by atoms with van der Waals surface area (Å²) in [7, 11) is -3.53. The van der Waals surface area contributed by atoms with Gasteiger partial charge in [0.05, 0.1) is 5.75 Å². The zero-order valence-corrected chi connectivity index (χ0v) is 15.0. The first kappa shape index (κ1) is 18.3. The predicted octanol–water partition coefficient (Wildman–Crippen LogP) is 3.04. The van der Waals surface area contributed by atoms with Crippen LogP contribution in [0.2, 0.25) is 0 Å². The Bertz CT molecular complexity index is 391. The van der Waals surface area contributed by atoms with E-state index in [1.807, 2.05) is 41.5 Å². The molecule has 6 heteroatoms. The van der Waals surface area contributed by atoms with Crippen LogP contribution < -0.4 is 5.32 Å². The van der Waals surface area contributed by atoms with Gasteiger partial charge in [-0.15, -0.1) is 0 Å². The first-order valence-electron chi connectivity index (χ1n) is 5.78. The standard InChI is InChI=1S/C12H24INO3S/c1-9(11(2,3)4)10(14-12(5,6)7)8-18(15,16)17-13/h10,14H,1,8H2,2-7H3. The van der Waals surface area contributed by atoms with Crippen LogP contribution >= 0.6 is 23.0 Å². The van der Waals surface area contributed by atoms with Crippen molar-refractivity contribution in [3.8, 4) is 0 Å². The van der Waals surface area contributed by atoms with Gasteiger partial charge in [0.15, 0.2) is 0 Å². The molecule has 1 N–H and O–H groups in total. The van der Waals surface area contributed by atoms with Crippen molar-refractivity contribution in [1.82, 2.24) is 5.32 Å². The SMILES string of the molecule is C=C(C(CS(=O)(=O)OI)NC(C)(C)C)C(C)(C)C. The molecule has 108 valence electrons. The number of hydrogen-bond donors (Lipinski definition) is 1. The maximum Gasteiger partial charge on any atom is 0.278 e. The van der Waals surface area contributed by atoms with Gasteiger partial charge >= 0.3 is 0 Å². The fourth-order valence-electron chi connectivity index (χ4n) is 1.50. The van der Waals surface area contributed by atoms with Crippen LogP contribution in [0.5, 0.6) is 0 Å². The van der Waals surface area contributed by atoms with Gasteiger partial charge in [0.1, 0.15) is 23.0 Å². The van der Waals surface area contributed by atoms with Gasteiger partial charge < -0.3 is 5.32 Å². The van der Waals surface area contributed by atoms with E-state index in [0.717, 1.165) is 5.57 Å². The summed E-state index contributed by atoms with van der Waals surface area (Å²) in [4.78, 5) is 0. The van der Waals surface area contributed by atoms with Crippen molar-refractivity contribution in [1.29, 1.82) is 0 Å². The third-order valence-corrected chi connectivity index (χ3v) is 5.04. The van der Waals surface area contributed by atoms with Gasteiger partial charge in [0, 0.05) is 11.6 Å². The van der Waals surface area contributed by atoms with E-state index in [-0.39, 0.29) is 22.7 Å². The molecular weight excluding hydrogens is 365 g/mol. The van der Waals surface area contributed by atoms with Gasteiger partial charge in [-0.2, -0.15) is 10.9 Å². The topological polar surface area (TPSA) is 55.4 Å². The molecule has 4 nitrogen and oxygen atoms in total. The van der Waals surface area contributed by atoms with E-state index in [4.69, 9.17) is 0 Å². The molecule has 0 radical (unpaired) electrons. The molecule has 0 rings (SSSR count). The summed E-state index contributed by atoms with van der Waals surface area (Å²) in [6, 6.07) is -0.329. The second-order valence-corrected chi connectivity index (χ2v) is 9.16. The van der Waals surface area contributed by atoms with Gasteiger partial charge in [-0.1, -0.05) is 32.9 Å². The second-order valence-electron chi connectivity index (χ2n) is 6.51. The van der Waals surface area contributed by atoms with Crippen molar-refractivity contribution in [3.63, 3.8) is 0 Å². The summed E-state index contributed by atoms with van der Waals surface area (Å²) >= 11 is 1.40. The van der Waals surface area contributed by atoms with Crippen LogP contribution in [0.3, 0.4) is 0 Å². The van der Waals surface area contributed by atoms with Crippen molar-refractivity contribution in [2.75, 3.05) is 5.75 Å². The average Bonchev–Trinajstić information content (AvgIpc) is 2.11. The summed E-state index contributed by atoms with van der Waals surface area (Å²) in [5, 5.41) is 3.29. The lowest BCUT2D eigenvalue weighted by Gasteiger charge is -2.34. The summed E-state index contributed by atoms with van der Waals surface area (Å²) in [5.41, 5.74) is 0.498. The molecule has 0 saturated carbocycles. The molecule has 0 aromatic carbocycles.